The zero-order chi connectivity index (χ0) is 18.2. The van der Waals surface area contributed by atoms with Crippen LogP contribution in [-0.4, -0.2) is 27.5 Å². The van der Waals surface area contributed by atoms with Gasteiger partial charge < -0.3 is 10.5 Å². The van der Waals surface area contributed by atoms with Crippen molar-refractivity contribution in [1.29, 1.82) is 0 Å². The number of halogens is 2. The molecule has 2 heterocycles. The first-order chi connectivity index (χ1) is 11.1. The molecule has 2 aromatic rings. The van der Waals surface area contributed by atoms with Crippen molar-refractivity contribution >= 4 is 60.8 Å². The molecule has 0 saturated heterocycles. The van der Waals surface area contributed by atoms with E-state index >= 15 is 0 Å². The maximum Gasteiger partial charge on any atom is 0.348 e. The highest BCUT2D eigenvalue weighted by atomic mass is 79.9. The largest absolute Gasteiger partial charge is 0.453 e. The van der Waals surface area contributed by atoms with Gasteiger partial charge in [-0.25, -0.2) is 9.59 Å². The maximum absolute atomic E-state index is 12.2. The van der Waals surface area contributed by atoms with Gasteiger partial charge >= 0.3 is 11.7 Å². The highest BCUT2D eigenvalue weighted by Crippen LogP contribution is 2.32. The standard InChI is InChI=1S/C13H11Br2N3O5S/c1-17-10(16)8(11(20)18(2)13(17)22)6(19)4-23-12(21)7-3-5(14)9(15)24-7/h3H,4,16H2,1-2H3. The number of ether oxygens (including phenoxy) is 1. The lowest BCUT2D eigenvalue weighted by Crippen LogP contribution is -2.42. The van der Waals surface area contributed by atoms with E-state index in [0.29, 0.717) is 8.26 Å². The Morgan fingerprint density at radius 2 is 1.88 bits per heavy atom. The maximum atomic E-state index is 12.2. The number of Topliss-reactive ketones (excluding diaryl/α,β-unsaturated/α-hetero) is 1. The van der Waals surface area contributed by atoms with Crippen LogP contribution in [0.15, 0.2) is 23.9 Å². The van der Waals surface area contributed by atoms with Gasteiger partial charge in [-0.3, -0.25) is 18.7 Å². The number of rotatable bonds is 4. The average molecular weight is 481 g/mol. The molecule has 0 aliphatic heterocycles. The number of nitrogens with two attached hydrogens (primary N) is 1. The lowest BCUT2D eigenvalue weighted by Gasteiger charge is -2.10. The fourth-order valence-corrected chi connectivity index (χ4v) is 3.77. The molecule has 0 atom stereocenters. The third kappa shape index (κ3) is 3.37. The molecule has 11 heteroatoms. The number of carbonyl (C=O) groups excluding carboxylic acids is 2. The van der Waals surface area contributed by atoms with Crippen LogP contribution in [0.5, 0.6) is 0 Å². The van der Waals surface area contributed by atoms with E-state index in [1.165, 1.54) is 14.1 Å². The predicted molar refractivity (Wildman–Crippen MR) is 95.7 cm³/mol. The number of ketones is 1. The molecule has 2 N–H and O–H groups in total. The first kappa shape index (κ1) is 18.6. The van der Waals surface area contributed by atoms with Crippen LogP contribution >= 0.6 is 43.2 Å². The summed E-state index contributed by atoms with van der Waals surface area (Å²) in [6.45, 7) is -0.663. The summed E-state index contributed by atoms with van der Waals surface area (Å²) in [7, 11) is 2.56. The van der Waals surface area contributed by atoms with Gasteiger partial charge in [-0.15, -0.1) is 11.3 Å². The van der Waals surface area contributed by atoms with E-state index in [0.717, 1.165) is 20.5 Å². The van der Waals surface area contributed by atoms with E-state index in [2.05, 4.69) is 31.9 Å². The van der Waals surface area contributed by atoms with Crippen LogP contribution in [-0.2, 0) is 18.8 Å². The molecular formula is C13H11Br2N3O5S. The lowest BCUT2D eigenvalue weighted by molar-refractivity contribution is 0.0479. The van der Waals surface area contributed by atoms with Crippen molar-refractivity contribution in [1.82, 2.24) is 9.13 Å². The van der Waals surface area contributed by atoms with Crippen molar-refractivity contribution < 1.29 is 14.3 Å². The summed E-state index contributed by atoms with van der Waals surface area (Å²) in [4.78, 5) is 48.2. The van der Waals surface area contributed by atoms with E-state index in [1.54, 1.807) is 6.07 Å². The second-order valence-electron chi connectivity index (χ2n) is 4.70. The number of nitrogen functional groups attached to an aromatic ring is 1. The van der Waals surface area contributed by atoms with Gasteiger partial charge in [-0.1, -0.05) is 0 Å². The monoisotopic (exact) mass is 479 g/mol. The molecule has 0 amide bonds. The molecule has 0 radical (unpaired) electrons. The molecule has 0 fully saturated rings. The Labute approximate surface area is 156 Å². The first-order valence-corrected chi connectivity index (χ1v) is 8.76. The van der Waals surface area contributed by atoms with Crippen LogP contribution in [0.3, 0.4) is 0 Å². The van der Waals surface area contributed by atoms with Crippen molar-refractivity contribution in [2.45, 2.75) is 0 Å². The Morgan fingerprint density at radius 3 is 2.42 bits per heavy atom. The van der Waals surface area contributed by atoms with Crippen LogP contribution < -0.4 is 17.0 Å². The van der Waals surface area contributed by atoms with Gasteiger partial charge in [0.2, 0.25) is 5.78 Å². The Balaban J connectivity index is 2.24. The smallest absolute Gasteiger partial charge is 0.348 e. The molecule has 0 unspecified atom stereocenters. The van der Waals surface area contributed by atoms with Gasteiger partial charge in [0.05, 0.1) is 3.79 Å². The molecule has 0 aliphatic rings. The Morgan fingerprint density at radius 1 is 1.25 bits per heavy atom. The summed E-state index contributed by atoms with van der Waals surface area (Å²) in [5.74, 6) is -1.77. The van der Waals surface area contributed by atoms with E-state index in [4.69, 9.17) is 10.5 Å². The van der Waals surface area contributed by atoms with E-state index in [9.17, 15) is 19.2 Å². The number of anilines is 1. The van der Waals surface area contributed by atoms with Crippen molar-refractivity contribution in [3.8, 4) is 0 Å². The van der Waals surface area contributed by atoms with Gasteiger partial charge in [-0.05, 0) is 37.9 Å². The third-order valence-corrected chi connectivity index (χ3v) is 6.41. The number of thiophene rings is 1. The summed E-state index contributed by atoms with van der Waals surface area (Å²) in [5.41, 5.74) is 3.80. The quantitative estimate of drug-likeness (QED) is 0.521. The van der Waals surface area contributed by atoms with Gasteiger partial charge in [0.1, 0.15) is 16.3 Å². The van der Waals surface area contributed by atoms with E-state index < -0.39 is 29.6 Å². The highest BCUT2D eigenvalue weighted by molar-refractivity contribution is 9.13. The molecule has 24 heavy (non-hydrogen) atoms. The summed E-state index contributed by atoms with van der Waals surface area (Å²) < 4.78 is 8.05. The van der Waals surface area contributed by atoms with Crippen LogP contribution in [0.25, 0.3) is 0 Å². The van der Waals surface area contributed by atoms with Gasteiger partial charge in [0, 0.05) is 18.6 Å². The van der Waals surface area contributed by atoms with Gasteiger partial charge in [0.25, 0.3) is 5.56 Å². The zero-order valence-electron chi connectivity index (χ0n) is 12.5. The normalized spacial score (nSPS) is 10.7. The van der Waals surface area contributed by atoms with Crippen LogP contribution in [0, 0.1) is 0 Å². The molecule has 2 aromatic heterocycles. The molecule has 0 saturated carbocycles. The van der Waals surface area contributed by atoms with Crippen LogP contribution in [0.2, 0.25) is 0 Å². The third-order valence-electron chi connectivity index (χ3n) is 3.17. The SMILES string of the molecule is Cn1c(N)c(C(=O)COC(=O)c2cc(Br)c(Br)s2)c(=O)n(C)c1=O. The van der Waals surface area contributed by atoms with E-state index in [1.807, 2.05) is 0 Å². The molecule has 0 spiro atoms. The number of aromatic nitrogens is 2. The minimum atomic E-state index is -0.835. The van der Waals surface area contributed by atoms with Crippen molar-refractivity contribution in [2.24, 2.45) is 14.1 Å². The fraction of sp³-hybridized carbons (Fsp3) is 0.231. The topological polar surface area (TPSA) is 113 Å². The minimum absolute atomic E-state index is 0.272. The highest BCUT2D eigenvalue weighted by Gasteiger charge is 2.22. The summed E-state index contributed by atoms with van der Waals surface area (Å²) in [5, 5.41) is 0. The average Bonchev–Trinajstić information content (AvgIpc) is 2.88. The minimum Gasteiger partial charge on any atom is -0.453 e. The lowest BCUT2D eigenvalue weighted by atomic mass is 10.2. The van der Waals surface area contributed by atoms with Crippen LogP contribution in [0.1, 0.15) is 20.0 Å². The first-order valence-electron chi connectivity index (χ1n) is 6.35. The summed E-state index contributed by atoms with van der Waals surface area (Å²) in [6.07, 6.45) is 0. The summed E-state index contributed by atoms with van der Waals surface area (Å²) >= 11 is 7.62. The van der Waals surface area contributed by atoms with Crippen LogP contribution in [0.4, 0.5) is 5.82 Å². The molecule has 0 aromatic carbocycles. The van der Waals surface area contributed by atoms with Crippen molar-refractivity contribution in [3.05, 3.63) is 45.6 Å². The van der Waals surface area contributed by atoms with Crippen molar-refractivity contribution in [2.75, 3.05) is 12.3 Å². The molecule has 0 aliphatic carbocycles. The Hall–Kier alpha value is -1.72. The second kappa shape index (κ2) is 7.03. The molecule has 128 valence electrons. The second-order valence-corrected chi connectivity index (χ2v) is 7.92. The molecular weight excluding hydrogens is 470 g/mol. The number of hydrogen-bond donors (Lipinski definition) is 1. The fourth-order valence-electron chi connectivity index (χ4n) is 1.84. The van der Waals surface area contributed by atoms with Gasteiger partial charge in [-0.2, -0.15) is 0 Å². The van der Waals surface area contributed by atoms with Crippen molar-refractivity contribution in [3.63, 3.8) is 0 Å². The Bertz CT molecular complexity index is 940. The number of nitrogens with zero attached hydrogens (tertiary/aromatic N) is 2. The molecule has 0 bridgehead atoms. The number of carbonyl (C=O) groups is 2. The number of esters is 1. The molecule has 8 nitrogen and oxygen atoms in total. The van der Waals surface area contributed by atoms with E-state index in [-0.39, 0.29) is 16.3 Å². The number of hydrogen-bond acceptors (Lipinski definition) is 7. The zero-order valence-corrected chi connectivity index (χ0v) is 16.5. The summed E-state index contributed by atoms with van der Waals surface area (Å²) in [6, 6.07) is 1.54. The van der Waals surface area contributed by atoms with Gasteiger partial charge in [0.15, 0.2) is 6.61 Å². The molecule has 2 rings (SSSR count). The Kier molecular flexibility index (Phi) is 5.45. The predicted octanol–water partition coefficient (Wildman–Crippen LogP) is 1.29.